The fourth-order valence-corrected chi connectivity index (χ4v) is 2.80. The van der Waals surface area contributed by atoms with Crippen molar-refractivity contribution in [1.29, 1.82) is 0 Å². The van der Waals surface area contributed by atoms with Crippen LogP contribution in [0.5, 0.6) is 5.75 Å². The summed E-state index contributed by atoms with van der Waals surface area (Å²) < 4.78 is 0.768. The Morgan fingerprint density at radius 3 is 2.72 bits per heavy atom. The van der Waals surface area contributed by atoms with Crippen LogP contribution in [0.25, 0.3) is 0 Å². The lowest BCUT2D eigenvalue weighted by molar-refractivity contribution is 0.0899. The lowest BCUT2D eigenvalue weighted by atomic mass is 9.95. The Morgan fingerprint density at radius 2 is 2.17 bits per heavy atom. The number of rotatable bonds is 5. The molecular weight excluding hydrogens is 362 g/mol. The van der Waals surface area contributed by atoms with Crippen LogP contribution < -0.4 is 5.32 Å². The number of carbonyl (C=O) groups excluding carboxylic acids is 1. The average Bonchev–Trinajstić information content (AvgIpc) is 2.32. The smallest absolute Gasteiger partial charge is 0.255 e. The molecule has 1 aromatic rings. The van der Waals surface area contributed by atoms with Gasteiger partial charge in [0.2, 0.25) is 0 Å². The van der Waals surface area contributed by atoms with E-state index in [2.05, 4.69) is 37.2 Å². The number of nitrogens with one attached hydrogen (secondary N) is 1. The van der Waals surface area contributed by atoms with E-state index in [9.17, 15) is 9.90 Å². The van der Waals surface area contributed by atoms with Crippen LogP contribution in [0.2, 0.25) is 0 Å². The van der Waals surface area contributed by atoms with Gasteiger partial charge in [-0.25, -0.2) is 0 Å². The summed E-state index contributed by atoms with van der Waals surface area (Å²) in [6.45, 7) is 4.03. The number of phenols is 1. The normalized spacial score (nSPS) is 14.0. The molecule has 0 heterocycles. The van der Waals surface area contributed by atoms with Crippen LogP contribution in [0.3, 0.4) is 0 Å². The standard InChI is InChI=1S/C13H17Br2NO2/c1-3-13(2,6-7-14)16-12(18)10-8-9(15)4-5-11(10)17/h4-5,8,17H,3,6-7H2,1-2H3,(H,16,18). The number of phenolic OH excluding ortho intramolecular Hbond substituents is 1. The molecular formula is C13H17Br2NO2. The van der Waals surface area contributed by atoms with Gasteiger partial charge in [-0.05, 0) is 38.0 Å². The zero-order chi connectivity index (χ0) is 13.8. The molecule has 0 aliphatic heterocycles. The third kappa shape index (κ3) is 3.99. The lowest BCUT2D eigenvalue weighted by Gasteiger charge is -2.29. The topological polar surface area (TPSA) is 49.3 Å². The fourth-order valence-electron chi connectivity index (χ4n) is 1.57. The highest BCUT2D eigenvalue weighted by atomic mass is 79.9. The maximum Gasteiger partial charge on any atom is 0.255 e. The fraction of sp³-hybridized carbons (Fsp3) is 0.462. The predicted octanol–water partition coefficient (Wildman–Crippen LogP) is 3.84. The Balaban J connectivity index is 2.90. The Morgan fingerprint density at radius 1 is 1.50 bits per heavy atom. The lowest BCUT2D eigenvalue weighted by Crippen LogP contribution is -2.45. The minimum atomic E-state index is -0.269. The van der Waals surface area contributed by atoms with Gasteiger partial charge in [-0.3, -0.25) is 4.79 Å². The number of hydrogen-bond acceptors (Lipinski definition) is 2. The predicted molar refractivity (Wildman–Crippen MR) is 80.4 cm³/mol. The first-order valence-corrected chi connectivity index (χ1v) is 7.70. The van der Waals surface area contributed by atoms with Gasteiger partial charge in [0.15, 0.2) is 0 Å². The highest BCUT2D eigenvalue weighted by Gasteiger charge is 2.25. The molecule has 0 aliphatic rings. The number of halogens is 2. The van der Waals surface area contributed by atoms with Crippen molar-refractivity contribution in [3.8, 4) is 5.75 Å². The average molecular weight is 379 g/mol. The van der Waals surface area contributed by atoms with E-state index in [0.29, 0.717) is 5.56 Å². The minimum Gasteiger partial charge on any atom is -0.507 e. The van der Waals surface area contributed by atoms with Crippen molar-refractivity contribution in [2.75, 3.05) is 5.33 Å². The van der Waals surface area contributed by atoms with Crippen molar-refractivity contribution < 1.29 is 9.90 Å². The van der Waals surface area contributed by atoms with Crippen LogP contribution in [0.4, 0.5) is 0 Å². The third-order valence-electron chi connectivity index (χ3n) is 3.05. The Labute approximate surface area is 124 Å². The van der Waals surface area contributed by atoms with Crippen LogP contribution in [0.15, 0.2) is 22.7 Å². The summed E-state index contributed by atoms with van der Waals surface area (Å²) in [6.07, 6.45) is 1.67. The van der Waals surface area contributed by atoms with E-state index in [1.807, 2.05) is 13.8 Å². The Hall–Kier alpha value is -0.550. The van der Waals surface area contributed by atoms with E-state index >= 15 is 0 Å². The number of alkyl halides is 1. The molecule has 1 unspecified atom stereocenters. The summed E-state index contributed by atoms with van der Waals surface area (Å²) in [7, 11) is 0. The molecule has 100 valence electrons. The van der Waals surface area contributed by atoms with Gasteiger partial charge in [0, 0.05) is 15.3 Å². The van der Waals surface area contributed by atoms with Gasteiger partial charge >= 0.3 is 0 Å². The van der Waals surface area contributed by atoms with Gasteiger partial charge in [0.1, 0.15) is 5.75 Å². The number of benzene rings is 1. The molecule has 5 heteroatoms. The zero-order valence-corrected chi connectivity index (χ0v) is 13.6. The highest BCUT2D eigenvalue weighted by Crippen LogP contribution is 2.23. The van der Waals surface area contributed by atoms with Gasteiger partial charge in [-0.1, -0.05) is 38.8 Å². The molecule has 1 rings (SSSR count). The molecule has 0 aromatic heterocycles. The highest BCUT2D eigenvalue weighted by molar-refractivity contribution is 9.10. The summed E-state index contributed by atoms with van der Waals surface area (Å²) >= 11 is 6.68. The molecule has 18 heavy (non-hydrogen) atoms. The number of carbonyl (C=O) groups is 1. The van der Waals surface area contributed by atoms with Crippen LogP contribution >= 0.6 is 31.9 Å². The quantitative estimate of drug-likeness (QED) is 0.764. The SMILES string of the molecule is CCC(C)(CCBr)NC(=O)c1cc(Br)ccc1O. The first kappa shape index (κ1) is 15.5. The number of hydrogen-bond donors (Lipinski definition) is 2. The first-order chi connectivity index (χ1) is 8.41. The molecule has 2 N–H and O–H groups in total. The molecule has 0 fully saturated rings. The molecule has 0 spiro atoms. The van der Waals surface area contributed by atoms with Crippen molar-refractivity contribution in [1.82, 2.24) is 5.32 Å². The van der Waals surface area contributed by atoms with Crippen LogP contribution in [0, 0.1) is 0 Å². The number of aromatic hydroxyl groups is 1. The molecule has 0 aliphatic carbocycles. The zero-order valence-electron chi connectivity index (χ0n) is 10.5. The van der Waals surface area contributed by atoms with E-state index in [-0.39, 0.29) is 17.2 Å². The second kappa shape index (κ2) is 6.57. The molecule has 1 atom stereocenters. The summed E-state index contributed by atoms with van der Waals surface area (Å²) in [5.74, 6) is -0.257. The van der Waals surface area contributed by atoms with Crippen molar-refractivity contribution in [3.05, 3.63) is 28.2 Å². The molecule has 3 nitrogen and oxygen atoms in total. The van der Waals surface area contributed by atoms with Gasteiger partial charge in [0.05, 0.1) is 5.56 Å². The monoisotopic (exact) mass is 377 g/mol. The van der Waals surface area contributed by atoms with E-state index in [1.54, 1.807) is 12.1 Å². The molecule has 0 saturated carbocycles. The second-order valence-corrected chi connectivity index (χ2v) is 6.18. The second-order valence-electron chi connectivity index (χ2n) is 4.47. The molecule has 1 amide bonds. The maximum absolute atomic E-state index is 12.2. The van der Waals surface area contributed by atoms with E-state index in [0.717, 1.165) is 22.6 Å². The van der Waals surface area contributed by atoms with Crippen molar-refractivity contribution in [2.24, 2.45) is 0 Å². The third-order valence-corrected chi connectivity index (χ3v) is 3.93. The summed E-state index contributed by atoms with van der Waals surface area (Å²) in [4.78, 5) is 12.2. The van der Waals surface area contributed by atoms with Crippen molar-refractivity contribution in [2.45, 2.75) is 32.2 Å². The minimum absolute atomic E-state index is 0.00649. The van der Waals surface area contributed by atoms with Crippen LogP contribution in [-0.2, 0) is 0 Å². The van der Waals surface area contributed by atoms with Crippen LogP contribution in [0.1, 0.15) is 37.0 Å². The maximum atomic E-state index is 12.2. The molecule has 1 aromatic carbocycles. The number of amides is 1. The van der Waals surface area contributed by atoms with E-state index in [1.165, 1.54) is 6.07 Å². The Bertz CT molecular complexity index is 437. The largest absolute Gasteiger partial charge is 0.507 e. The first-order valence-electron chi connectivity index (χ1n) is 5.79. The van der Waals surface area contributed by atoms with Gasteiger partial charge in [-0.15, -0.1) is 0 Å². The molecule has 0 saturated heterocycles. The summed E-state index contributed by atoms with van der Waals surface area (Å²) in [5, 5.41) is 13.5. The summed E-state index contributed by atoms with van der Waals surface area (Å²) in [6, 6.07) is 4.82. The van der Waals surface area contributed by atoms with Gasteiger partial charge < -0.3 is 10.4 Å². The Kier molecular flexibility index (Phi) is 5.66. The van der Waals surface area contributed by atoms with Crippen molar-refractivity contribution in [3.63, 3.8) is 0 Å². The van der Waals surface area contributed by atoms with Gasteiger partial charge in [0.25, 0.3) is 5.91 Å². The van der Waals surface area contributed by atoms with Crippen molar-refractivity contribution >= 4 is 37.8 Å². The molecule has 0 radical (unpaired) electrons. The van der Waals surface area contributed by atoms with Crippen LogP contribution in [-0.4, -0.2) is 21.9 Å². The summed E-state index contributed by atoms with van der Waals surface area (Å²) in [5.41, 5.74) is 0.0219. The van der Waals surface area contributed by atoms with E-state index < -0.39 is 0 Å². The van der Waals surface area contributed by atoms with E-state index in [4.69, 9.17) is 0 Å². The van der Waals surface area contributed by atoms with Gasteiger partial charge in [-0.2, -0.15) is 0 Å². The molecule has 0 bridgehead atoms.